The van der Waals surface area contributed by atoms with Crippen LogP contribution < -0.4 is 16.1 Å². The Morgan fingerprint density at radius 1 is 1.03 bits per heavy atom. The lowest BCUT2D eigenvalue weighted by molar-refractivity contribution is 0.391. The molecular weight excluding hydrogens is 390 g/mol. The van der Waals surface area contributed by atoms with Crippen molar-refractivity contribution in [2.24, 2.45) is 7.05 Å². The van der Waals surface area contributed by atoms with Crippen molar-refractivity contribution in [3.05, 3.63) is 62.8 Å². The quantitative estimate of drug-likeness (QED) is 0.652. The Kier molecular flexibility index (Phi) is 5.26. The summed E-state index contributed by atoms with van der Waals surface area (Å²) in [5.41, 5.74) is 1.51. The molecule has 0 saturated heterocycles. The van der Waals surface area contributed by atoms with Crippen molar-refractivity contribution < 1.29 is 0 Å². The number of fused-ring (bicyclic) bond motifs is 3. The van der Waals surface area contributed by atoms with Gasteiger partial charge < -0.3 is 9.47 Å². The first kappa shape index (κ1) is 19.8. The van der Waals surface area contributed by atoms with Crippen LogP contribution in [0.2, 0.25) is 0 Å². The van der Waals surface area contributed by atoms with Crippen molar-refractivity contribution >= 4 is 23.2 Å². The summed E-state index contributed by atoms with van der Waals surface area (Å²) in [6, 6.07) is 10.4. The van der Waals surface area contributed by atoms with Crippen molar-refractivity contribution in [3.63, 3.8) is 0 Å². The molecule has 0 radical (unpaired) electrons. The largest absolute Gasteiger partial charge is 0.339 e. The third-order valence-electron chi connectivity index (χ3n) is 6.66. The van der Waals surface area contributed by atoms with Crippen LogP contribution in [0.3, 0.4) is 0 Å². The SMILES string of the molecule is Cn1c(=O)n(C/C=C/c2ccccc2)c(=O)c2c1nc1n2CCCN1C1CCCCC1. The maximum atomic E-state index is 13.4. The number of aromatic nitrogens is 4. The Morgan fingerprint density at radius 3 is 2.58 bits per heavy atom. The first-order valence-electron chi connectivity index (χ1n) is 11.3. The van der Waals surface area contributed by atoms with Gasteiger partial charge >= 0.3 is 5.69 Å². The standard InChI is InChI=1S/C24H29N5O2/c1-26-21-20(22(30)29(24(26)31)15-8-12-18-10-4-2-5-11-18)28-17-9-16-27(23(28)25-21)19-13-6-3-7-14-19/h2,4-5,8,10-12,19H,3,6-7,9,13-17H2,1H3/b12-8+. The average molecular weight is 420 g/mol. The van der Waals surface area contributed by atoms with E-state index in [1.807, 2.05) is 47.1 Å². The fourth-order valence-corrected chi connectivity index (χ4v) is 5.05. The Labute approximate surface area is 181 Å². The minimum atomic E-state index is -0.324. The van der Waals surface area contributed by atoms with Gasteiger partial charge in [-0.25, -0.2) is 4.79 Å². The molecule has 1 aliphatic heterocycles. The van der Waals surface area contributed by atoms with Gasteiger partial charge in [0.1, 0.15) is 0 Å². The summed E-state index contributed by atoms with van der Waals surface area (Å²) >= 11 is 0. The smallest absolute Gasteiger partial charge is 0.332 e. The Hall–Kier alpha value is -3.09. The van der Waals surface area contributed by atoms with Gasteiger partial charge in [-0.05, 0) is 24.8 Å². The molecule has 31 heavy (non-hydrogen) atoms. The summed E-state index contributed by atoms with van der Waals surface area (Å²) in [6.45, 7) is 1.97. The maximum absolute atomic E-state index is 13.4. The van der Waals surface area contributed by atoms with Gasteiger partial charge in [0.2, 0.25) is 5.95 Å². The van der Waals surface area contributed by atoms with Gasteiger partial charge in [-0.1, -0.05) is 61.7 Å². The third-order valence-corrected chi connectivity index (χ3v) is 6.66. The molecule has 0 atom stereocenters. The minimum absolute atomic E-state index is 0.239. The highest BCUT2D eigenvalue weighted by Gasteiger charge is 2.30. The molecule has 2 aromatic heterocycles. The third kappa shape index (κ3) is 3.52. The minimum Gasteiger partial charge on any atom is -0.339 e. The highest BCUT2D eigenvalue weighted by Crippen LogP contribution is 2.31. The molecule has 5 rings (SSSR count). The lowest BCUT2D eigenvalue weighted by atomic mass is 9.94. The maximum Gasteiger partial charge on any atom is 0.332 e. The normalized spacial score (nSPS) is 17.5. The van der Waals surface area contributed by atoms with Crippen LogP contribution in [0.5, 0.6) is 0 Å². The van der Waals surface area contributed by atoms with Crippen LogP contribution in [0.15, 0.2) is 46.0 Å². The highest BCUT2D eigenvalue weighted by molar-refractivity contribution is 5.75. The van der Waals surface area contributed by atoms with Gasteiger partial charge in [0.05, 0.1) is 0 Å². The summed E-state index contributed by atoms with van der Waals surface area (Å²) in [5.74, 6) is 0.859. The predicted molar refractivity (Wildman–Crippen MR) is 124 cm³/mol. The molecule has 3 aromatic rings. The second kappa shape index (κ2) is 8.21. The lowest BCUT2D eigenvalue weighted by Crippen LogP contribution is -2.42. The van der Waals surface area contributed by atoms with Crippen molar-refractivity contribution in [3.8, 4) is 0 Å². The summed E-state index contributed by atoms with van der Waals surface area (Å²) in [4.78, 5) is 33.6. The molecule has 7 nitrogen and oxygen atoms in total. The number of allylic oxidation sites excluding steroid dienone is 1. The van der Waals surface area contributed by atoms with Crippen molar-refractivity contribution in [2.75, 3.05) is 11.4 Å². The first-order chi connectivity index (χ1) is 15.1. The molecule has 0 bridgehead atoms. The summed E-state index contributed by atoms with van der Waals surface area (Å²) in [7, 11) is 1.71. The highest BCUT2D eigenvalue weighted by atomic mass is 16.2. The zero-order chi connectivity index (χ0) is 21.4. The molecule has 0 unspecified atom stereocenters. The second-order valence-electron chi connectivity index (χ2n) is 8.64. The number of benzene rings is 1. The second-order valence-corrected chi connectivity index (χ2v) is 8.64. The van der Waals surface area contributed by atoms with Crippen molar-refractivity contribution in [1.29, 1.82) is 0 Å². The van der Waals surface area contributed by atoms with E-state index in [1.165, 1.54) is 41.2 Å². The van der Waals surface area contributed by atoms with Crippen LogP contribution in [-0.2, 0) is 20.1 Å². The van der Waals surface area contributed by atoms with Crippen LogP contribution >= 0.6 is 0 Å². The fraction of sp³-hybridized carbons (Fsp3) is 0.458. The van der Waals surface area contributed by atoms with E-state index in [9.17, 15) is 9.59 Å². The van der Waals surface area contributed by atoms with E-state index >= 15 is 0 Å². The van der Waals surface area contributed by atoms with Gasteiger partial charge in [-0.3, -0.25) is 13.9 Å². The lowest BCUT2D eigenvalue weighted by Gasteiger charge is -2.37. The van der Waals surface area contributed by atoms with Crippen LogP contribution in [-0.4, -0.2) is 31.3 Å². The number of hydrogen-bond donors (Lipinski definition) is 0. The first-order valence-corrected chi connectivity index (χ1v) is 11.3. The van der Waals surface area contributed by atoms with Crippen LogP contribution in [0.4, 0.5) is 5.95 Å². The summed E-state index contributed by atoms with van der Waals surface area (Å²) in [6.07, 6.45) is 11.0. The molecular formula is C24H29N5O2. The molecule has 0 amide bonds. The topological polar surface area (TPSA) is 65.1 Å². The van der Waals surface area contributed by atoms with Gasteiger partial charge in [-0.2, -0.15) is 4.98 Å². The van der Waals surface area contributed by atoms with E-state index in [0.717, 1.165) is 31.0 Å². The van der Waals surface area contributed by atoms with Gasteiger partial charge in [0, 0.05) is 32.7 Å². The molecule has 162 valence electrons. The van der Waals surface area contributed by atoms with Crippen LogP contribution in [0, 0.1) is 0 Å². The van der Waals surface area contributed by atoms with E-state index in [1.54, 1.807) is 7.05 Å². The van der Waals surface area contributed by atoms with E-state index in [-0.39, 0.29) is 17.8 Å². The molecule has 0 N–H and O–H groups in total. The number of nitrogens with zero attached hydrogens (tertiary/aromatic N) is 5. The van der Waals surface area contributed by atoms with Gasteiger partial charge in [-0.15, -0.1) is 0 Å². The van der Waals surface area contributed by atoms with E-state index in [2.05, 4.69) is 4.90 Å². The molecule has 1 aromatic carbocycles. The number of anilines is 1. The molecule has 2 aliphatic rings. The summed E-state index contributed by atoms with van der Waals surface area (Å²) in [5, 5.41) is 0. The van der Waals surface area contributed by atoms with E-state index < -0.39 is 0 Å². The fourth-order valence-electron chi connectivity index (χ4n) is 5.05. The van der Waals surface area contributed by atoms with E-state index in [0.29, 0.717) is 17.2 Å². The van der Waals surface area contributed by atoms with Crippen molar-refractivity contribution in [1.82, 2.24) is 18.7 Å². The molecule has 7 heteroatoms. The average Bonchev–Trinajstić information content (AvgIpc) is 3.21. The molecule has 3 heterocycles. The van der Waals surface area contributed by atoms with Gasteiger partial charge in [0.15, 0.2) is 11.2 Å². The van der Waals surface area contributed by atoms with E-state index in [4.69, 9.17) is 4.98 Å². The molecule has 0 spiro atoms. The zero-order valence-electron chi connectivity index (χ0n) is 18.0. The summed E-state index contributed by atoms with van der Waals surface area (Å²) < 4.78 is 4.89. The number of aryl methyl sites for hydroxylation is 2. The van der Waals surface area contributed by atoms with Crippen molar-refractivity contribution in [2.45, 2.75) is 57.7 Å². The molecule has 1 saturated carbocycles. The van der Waals surface area contributed by atoms with Crippen LogP contribution in [0.1, 0.15) is 44.1 Å². The number of imidazole rings is 1. The monoisotopic (exact) mass is 419 g/mol. The molecule has 1 aliphatic carbocycles. The van der Waals surface area contributed by atoms with Gasteiger partial charge in [0.25, 0.3) is 5.56 Å². The Bertz CT molecular complexity index is 1230. The predicted octanol–water partition coefficient (Wildman–Crippen LogP) is 3.15. The zero-order valence-corrected chi connectivity index (χ0v) is 18.0. The number of hydrogen-bond acceptors (Lipinski definition) is 4. The Morgan fingerprint density at radius 2 is 1.81 bits per heavy atom. The number of rotatable bonds is 4. The molecule has 1 fully saturated rings. The Balaban J connectivity index is 1.56. The van der Waals surface area contributed by atoms with Crippen LogP contribution in [0.25, 0.3) is 17.2 Å².